The van der Waals surface area contributed by atoms with E-state index in [2.05, 4.69) is 31.3 Å². The Balaban J connectivity index is 1.50. The van der Waals surface area contributed by atoms with E-state index in [4.69, 9.17) is 0 Å². The molecule has 1 aliphatic rings. The van der Waals surface area contributed by atoms with Gasteiger partial charge in [-0.2, -0.15) is 4.98 Å². The number of nitrogens with zero attached hydrogens (tertiary/aromatic N) is 3. The number of pyridine rings is 1. The van der Waals surface area contributed by atoms with Crippen molar-refractivity contribution in [1.29, 1.82) is 0 Å². The lowest BCUT2D eigenvalue weighted by Gasteiger charge is -2.07. The van der Waals surface area contributed by atoms with E-state index in [0.29, 0.717) is 0 Å². The van der Waals surface area contributed by atoms with Gasteiger partial charge in [-0.3, -0.25) is 0 Å². The van der Waals surface area contributed by atoms with Crippen LogP contribution in [0, 0.1) is 5.92 Å². The molecule has 1 aliphatic carbocycles. The van der Waals surface area contributed by atoms with E-state index in [9.17, 15) is 0 Å². The largest absolute Gasteiger partial charge is 0.353 e. The van der Waals surface area contributed by atoms with E-state index in [1.165, 1.54) is 38.5 Å². The summed E-state index contributed by atoms with van der Waals surface area (Å²) in [6, 6.07) is 3.94. The van der Waals surface area contributed by atoms with Gasteiger partial charge in [-0.25, -0.2) is 4.52 Å². The van der Waals surface area contributed by atoms with Crippen LogP contribution in [-0.4, -0.2) is 21.1 Å². The summed E-state index contributed by atoms with van der Waals surface area (Å²) in [4.78, 5) is 4.44. The molecule has 1 fully saturated rings. The number of hydrogen-bond donors (Lipinski definition) is 1. The fraction of sp³-hybridized carbons (Fsp3) is 0.571. The minimum atomic E-state index is 0.726. The zero-order valence-corrected chi connectivity index (χ0v) is 12.6. The maximum absolute atomic E-state index is 4.44. The van der Waals surface area contributed by atoms with E-state index in [0.717, 1.165) is 28.5 Å². The molecule has 4 nitrogen and oxygen atoms in total. The predicted octanol–water partition coefficient (Wildman–Crippen LogP) is 3.87. The van der Waals surface area contributed by atoms with Crippen molar-refractivity contribution in [3.8, 4) is 0 Å². The van der Waals surface area contributed by atoms with Gasteiger partial charge in [0.1, 0.15) is 0 Å². The number of fused-ring (bicyclic) bond motifs is 1. The molecule has 102 valence electrons. The Kier molecular flexibility index (Phi) is 4.01. The monoisotopic (exact) mass is 322 g/mol. The molecule has 0 bridgehead atoms. The topological polar surface area (TPSA) is 42.2 Å². The predicted molar refractivity (Wildman–Crippen MR) is 80.4 cm³/mol. The van der Waals surface area contributed by atoms with Gasteiger partial charge in [-0.1, -0.05) is 25.7 Å². The second-order valence-corrected chi connectivity index (χ2v) is 6.22. The Bertz CT molecular complexity index is 545. The zero-order valence-electron chi connectivity index (χ0n) is 11.0. The first-order valence-corrected chi connectivity index (χ1v) is 7.86. The number of aromatic nitrogens is 3. The molecule has 2 aromatic rings. The fourth-order valence-corrected chi connectivity index (χ4v) is 3.15. The van der Waals surface area contributed by atoms with Crippen molar-refractivity contribution in [1.82, 2.24) is 14.6 Å². The molecule has 1 saturated carbocycles. The summed E-state index contributed by atoms with van der Waals surface area (Å²) in [6.45, 7) is 0.967. The summed E-state index contributed by atoms with van der Waals surface area (Å²) in [7, 11) is 0. The molecule has 0 aromatic carbocycles. The van der Waals surface area contributed by atoms with Crippen molar-refractivity contribution in [2.75, 3.05) is 11.9 Å². The Hall–Kier alpha value is -1.10. The number of nitrogens with one attached hydrogen (secondary N) is 1. The van der Waals surface area contributed by atoms with Crippen LogP contribution in [0.25, 0.3) is 5.65 Å². The molecule has 0 amide bonds. The number of anilines is 1. The molecule has 1 N–H and O–H groups in total. The van der Waals surface area contributed by atoms with Crippen molar-refractivity contribution in [3.05, 3.63) is 22.8 Å². The first-order chi connectivity index (χ1) is 9.31. The van der Waals surface area contributed by atoms with Gasteiger partial charge in [0.2, 0.25) is 5.95 Å². The van der Waals surface area contributed by atoms with Crippen LogP contribution in [-0.2, 0) is 0 Å². The normalized spacial score (nSPS) is 16.3. The maximum atomic E-state index is 4.44. The number of hydrogen-bond acceptors (Lipinski definition) is 3. The first-order valence-electron chi connectivity index (χ1n) is 7.07. The van der Waals surface area contributed by atoms with Gasteiger partial charge in [0.15, 0.2) is 5.65 Å². The summed E-state index contributed by atoms with van der Waals surface area (Å²) in [5, 5.41) is 7.73. The Morgan fingerprint density at radius 3 is 3.00 bits per heavy atom. The average molecular weight is 323 g/mol. The molecule has 0 aliphatic heterocycles. The van der Waals surface area contributed by atoms with Crippen LogP contribution in [0.15, 0.2) is 22.8 Å². The summed E-state index contributed by atoms with van der Waals surface area (Å²) in [5.41, 5.74) is 0.876. The van der Waals surface area contributed by atoms with Gasteiger partial charge in [0.05, 0.1) is 0 Å². The Morgan fingerprint density at radius 1 is 1.32 bits per heavy atom. The average Bonchev–Trinajstić information content (AvgIpc) is 3.02. The van der Waals surface area contributed by atoms with Crippen LogP contribution in [0.5, 0.6) is 0 Å². The van der Waals surface area contributed by atoms with E-state index < -0.39 is 0 Å². The fourth-order valence-electron chi connectivity index (χ4n) is 2.82. The van der Waals surface area contributed by atoms with Crippen molar-refractivity contribution in [2.24, 2.45) is 5.92 Å². The molecular formula is C14H19BrN4. The highest BCUT2D eigenvalue weighted by molar-refractivity contribution is 9.10. The van der Waals surface area contributed by atoms with Gasteiger partial charge in [-0.05, 0) is 46.8 Å². The summed E-state index contributed by atoms with van der Waals surface area (Å²) >= 11 is 3.43. The van der Waals surface area contributed by atoms with Crippen molar-refractivity contribution < 1.29 is 0 Å². The van der Waals surface area contributed by atoms with E-state index in [1.807, 2.05) is 18.3 Å². The second-order valence-electron chi connectivity index (χ2n) is 5.30. The lowest BCUT2D eigenvalue weighted by atomic mass is 10.0. The molecule has 0 atom stereocenters. The van der Waals surface area contributed by atoms with Crippen LogP contribution >= 0.6 is 15.9 Å². The molecular weight excluding hydrogens is 304 g/mol. The van der Waals surface area contributed by atoms with Crippen LogP contribution in [0.2, 0.25) is 0 Å². The van der Waals surface area contributed by atoms with Crippen LogP contribution < -0.4 is 5.32 Å². The molecule has 19 heavy (non-hydrogen) atoms. The zero-order chi connectivity index (χ0) is 13.1. The van der Waals surface area contributed by atoms with Crippen LogP contribution in [0.4, 0.5) is 5.95 Å². The lowest BCUT2D eigenvalue weighted by molar-refractivity contribution is 0.491. The third-order valence-corrected chi connectivity index (χ3v) is 4.31. The molecule has 2 heterocycles. The minimum Gasteiger partial charge on any atom is -0.353 e. The van der Waals surface area contributed by atoms with Gasteiger partial charge < -0.3 is 5.32 Å². The molecule has 3 rings (SSSR count). The van der Waals surface area contributed by atoms with Crippen LogP contribution in [0.1, 0.15) is 38.5 Å². The quantitative estimate of drug-likeness (QED) is 0.849. The van der Waals surface area contributed by atoms with Crippen molar-refractivity contribution in [2.45, 2.75) is 38.5 Å². The molecule has 0 radical (unpaired) electrons. The van der Waals surface area contributed by atoms with E-state index in [1.54, 1.807) is 4.52 Å². The standard InChI is InChI=1S/C14H19BrN4/c15-12-7-8-13-17-14(18-19(13)10-12)16-9-3-6-11-4-1-2-5-11/h7-8,10-11H,1-6,9H2,(H,16,18). The lowest BCUT2D eigenvalue weighted by Crippen LogP contribution is -2.05. The van der Waals surface area contributed by atoms with E-state index in [-0.39, 0.29) is 0 Å². The Labute approximate surface area is 121 Å². The third-order valence-electron chi connectivity index (χ3n) is 3.84. The second kappa shape index (κ2) is 5.90. The number of halogens is 1. The SMILES string of the molecule is Brc1ccc2nc(NCCCC3CCCC3)nn2c1. The first kappa shape index (κ1) is 12.9. The molecule has 2 aromatic heterocycles. The van der Waals surface area contributed by atoms with Crippen LogP contribution in [0.3, 0.4) is 0 Å². The highest BCUT2D eigenvalue weighted by Gasteiger charge is 2.14. The van der Waals surface area contributed by atoms with Crippen molar-refractivity contribution in [3.63, 3.8) is 0 Å². The van der Waals surface area contributed by atoms with Gasteiger partial charge >= 0.3 is 0 Å². The molecule has 5 heteroatoms. The van der Waals surface area contributed by atoms with E-state index >= 15 is 0 Å². The molecule has 0 unspecified atom stereocenters. The number of rotatable bonds is 5. The maximum Gasteiger partial charge on any atom is 0.243 e. The summed E-state index contributed by atoms with van der Waals surface area (Å²) in [6.07, 6.45) is 10.2. The van der Waals surface area contributed by atoms with Gasteiger partial charge in [0.25, 0.3) is 0 Å². The van der Waals surface area contributed by atoms with Gasteiger partial charge in [0, 0.05) is 17.2 Å². The molecule has 0 saturated heterocycles. The minimum absolute atomic E-state index is 0.726. The summed E-state index contributed by atoms with van der Waals surface area (Å²) < 4.78 is 2.81. The highest BCUT2D eigenvalue weighted by atomic mass is 79.9. The van der Waals surface area contributed by atoms with Gasteiger partial charge in [-0.15, -0.1) is 5.10 Å². The highest BCUT2D eigenvalue weighted by Crippen LogP contribution is 2.28. The Morgan fingerprint density at radius 2 is 2.16 bits per heavy atom. The molecule has 0 spiro atoms. The third kappa shape index (κ3) is 3.26. The smallest absolute Gasteiger partial charge is 0.243 e. The summed E-state index contributed by atoms with van der Waals surface area (Å²) in [5.74, 6) is 1.69. The van der Waals surface area contributed by atoms with Crippen molar-refractivity contribution >= 4 is 27.5 Å².